The van der Waals surface area contributed by atoms with Crippen molar-refractivity contribution in [3.8, 4) is 11.5 Å². The van der Waals surface area contributed by atoms with Crippen LogP contribution in [0.2, 0.25) is 0 Å². The van der Waals surface area contributed by atoms with E-state index in [1.807, 2.05) is 36.4 Å². The second kappa shape index (κ2) is 9.16. The highest BCUT2D eigenvalue weighted by atomic mass is 79.9. The van der Waals surface area contributed by atoms with E-state index in [0.29, 0.717) is 28.2 Å². The molecule has 1 aliphatic rings. The zero-order chi connectivity index (χ0) is 22.0. The summed E-state index contributed by atoms with van der Waals surface area (Å²) in [5.74, 6) is 1.14. The van der Waals surface area contributed by atoms with Gasteiger partial charge >= 0.3 is 0 Å². The minimum Gasteiger partial charge on any atom is -0.493 e. The predicted molar refractivity (Wildman–Crippen MR) is 131 cm³/mol. The third-order valence-electron chi connectivity index (χ3n) is 5.00. The van der Waals surface area contributed by atoms with Crippen molar-refractivity contribution < 1.29 is 14.3 Å². The molecule has 0 bridgehead atoms. The van der Waals surface area contributed by atoms with Crippen LogP contribution in [0.1, 0.15) is 11.1 Å². The number of amides is 1. The van der Waals surface area contributed by atoms with Gasteiger partial charge in [0.2, 0.25) is 0 Å². The van der Waals surface area contributed by atoms with Gasteiger partial charge in [-0.2, -0.15) is 0 Å². The number of amidine groups is 1. The zero-order valence-corrected chi connectivity index (χ0v) is 19.8. The number of hydrogen-bond acceptors (Lipinski definition) is 5. The number of rotatable bonds is 5. The molecule has 4 rings (SSSR count). The number of hydrogen-bond donors (Lipinski definition) is 0. The maximum Gasteiger partial charge on any atom is 0.266 e. The van der Waals surface area contributed by atoms with Gasteiger partial charge in [-0.3, -0.25) is 14.7 Å². The van der Waals surface area contributed by atoms with E-state index in [-0.39, 0.29) is 5.91 Å². The Labute approximate surface area is 193 Å². The molecule has 1 fully saturated rings. The molecular weight excluding hydrogens is 476 g/mol. The van der Waals surface area contributed by atoms with Gasteiger partial charge in [0.05, 0.1) is 16.5 Å². The highest BCUT2D eigenvalue weighted by molar-refractivity contribution is 9.10. The van der Waals surface area contributed by atoms with Gasteiger partial charge in [0.1, 0.15) is 6.61 Å². The van der Waals surface area contributed by atoms with Gasteiger partial charge in [0.15, 0.2) is 16.7 Å². The smallest absolute Gasteiger partial charge is 0.266 e. The van der Waals surface area contributed by atoms with Gasteiger partial charge in [0, 0.05) is 14.1 Å². The number of ether oxygens (including phenoxy) is 2. The van der Waals surface area contributed by atoms with E-state index in [0.717, 1.165) is 21.0 Å². The van der Waals surface area contributed by atoms with Gasteiger partial charge in [0.25, 0.3) is 5.91 Å². The molecule has 1 saturated heterocycles. The van der Waals surface area contributed by atoms with Gasteiger partial charge < -0.3 is 9.47 Å². The number of benzene rings is 3. The molecule has 7 heteroatoms. The molecule has 0 saturated carbocycles. The van der Waals surface area contributed by atoms with E-state index in [4.69, 9.17) is 9.47 Å². The van der Waals surface area contributed by atoms with Crippen LogP contribution < -0.4 is 9.47 Å². The number of thioether (sulfide) groups is 1. The van der Waals surface area contributed by atoms with E-state index in [1.54, 1.807) is 26.1 Å². The lowest BCUT2D eigenvalue weighted by atomic mass is 10.1. The molecule has 1 heterocycles. The summed E-state index contributed by atoms with van der Waals surface area (Å²) in [5.41, 5.74) is 1.93. The van der Waals surface area contributed by atoms with Crippen molar-refractivity contribution in [3.05, 3.63) is 75.1 Å². The number of aliphatic imine (C=N–C) groups is 1. The lowest BCUT2D eigenvalue weighted by Crippen LogP contribution is -2.23. The van der Waals surface area contributed by atoms with Crippen molar-refractivity contribution >= 4 is 55.6 Å². The predicted octanol–water partition coefficient (Wildman–Crippen LogP) is 5.72. The molecule has 3 aromatic rings. The lowest BCUT2D eigenvalue weighted by Gasteiger charge is -2.15. The van der Waals surface area contributed by atoms with E-state index < -0.39 is 0 Å². The van der Waals surface area contributed by atoms with Crippen molar-refractivity contribution in [2.24, 2.45) is 4.99 Å². The average Bonchev–Trinajstić information content (AvgIpc) is 3.05. The molecule has 1 amide bonds. The normalized spacial score (nSPS) is 16.5. The van der Waals surface area contributed by atoms with E-state index in [9.17, 15) is 4.79 Å². The second-order valence-electron chi connectivity index (χ2n) is 6.94. The number of methoxy groups -OCH3 is 1. The Bertz CT molecular complexity index is 1220. The Hall–Kier alpha value is -2.77. The van der Waals surface area contributed by atoms with Crippen molar-refractivity contribution in [2.75, 3.05) is 21.2 Å². The Morgan fingerprint density at radius 2 is 1.94 bits per heavy atom. The second-order valence-corrected chi connectivity index (χ2v) is 8.81. The maximum atomic E-state index is 12.4. The number of nitrogens with zero attached hydrogens (tertiary/aromatic N) is 2. The van der Waals surface area contributed by atoms with Crippen LogP contribution in [0.5, 0.6) is 11.5 Å². The van der Waals surface area contributed by atoms with Crippen molar-refractivity contribution in [2.45, 2.75) is 6.61 Å². The third-order valence-corrected chi connectivity index (χ3v) is 6.74. The first-order valence-electron chi connectivity index (χ1n) is 9.63. The van der Waals surface area contributed by atoms with Crippen LogP contribution in [-0.2, 0) is 11.4 Å². The highest BCUT2D eigenvalue weighted by Gasteiger charge is 2.29. The first kappa shape index (κ1) is 21.5. The fraction of sp³-hybridized carbons (Fsp3) is 0.167. The van der Waals surface area contributed by atoms with Gasteiger partial charge in [-0.15, -0.1) is 0 Å². The number of carbonyl (C=O) groups is 1. The standard InChI is InChI=1S/C24H21BrN2O3S/c1-26-24-27(2)23(28)21(31-24)13-15-11-19(25)22(20(12-15)29-3)30-14-17-9-6-8-16-7-4-5-10-18(16)17/h4-13H,14H2,1-3H3/b21-13-,26-24?. The van der Waals surface area contributed by atoms with Crippen molar-refractivity contribution in [1.29, 1.82) is 0 Å². The van der Waals surface area contributed by atoms with Crippen LogP contribution in [0.4, 0.5) is 0 Å². The molecule has 0 atom stereocenters. The third kappa shape index (κ3) is 4.34. The van der Waals surface area contributed by atoms with Crippen LogP contribution in [0.25, 0.3) is 16.8 Å². The summed E-state index contributed by atoms with van der Waals surface area (Å²) >= 11 is 4.96. The van der Waals surface area contributed by atoms with Crippen LogP contribution in [0.3, 0.4) is 0 Å². The number of likely N-dealkylation sites (N-methyl/N-ethyl adjacent to an activating group) is 1. The Balaban J connectivity index is 1.61. The van der Waals surface area contributed by atoms with Crippen LogP contribution in [0, 0.1) is 0 Å². The summed E-state index contributed by atoms with van der Waals surface area (Å²) in [4.78, 5) is 18.7. The Morgan fingerprint density at radius 1 is 1.16 bits per heavy atom. The summed E-state index contributed by atoms with van der Waals surface area (Å²) in [6, 6.07) is 18.2. The molecule has 3 aromatic carbocycles. The monoisotopic (exact) mass is 496 g/mol. The number of fused-ring (bicyclic) bond motifs is 1. The molecule has 0 N–H and O–H groups in total. The number of carbonyl (C=O) groups excluding carboxylic acids is 1. The lowest BCUT2D eigenvalue weighted by molar-refractivity contribution is -0.121. The molecule has 0 radical (unpaired) electrons. The zero-order valence-electron chi connectivity index (χ0n) is 17.4. The summed E-state index contributed by atoms with van der Waals surface area (Å²) in [6.45, 7) is 0.409. The average molecular weight is 497 g/mol. The van der Waals surface area contributed by atoms with Crippen LogP contribution in [0.15, 0.2) is 69.0 Å². The van der Waals surface area contributed by atoms with Crippen LogP contribution >= 0.6 is 27.7 Å². The number of halogens is 1. The molecule has 1 aliphatic heterocycles. The van der Waals surface area contributed by atoms with Gasteiger partial charge in [-0.25, -0.2) is 0 Å². The van der Waals surface area contributed by atoms with E-state index in [1.165, 1.54) is 17.1 Å². The van der Waals surface area contributed by atoms with E-state index >= 15 is 0 Å². The summed E-state index contributed by atoms with van der Waals surface area (Å²) < 4.78 is 12.5. The molecular formula is C24H21BrN2O3S. The fourth-order valence-corrected chi connectivity index (χ4v) is 4.93. The summed E-state index contributed by atoms with van der Waals surface area (Å²) in [6.07, 6.45) is 1.84. The van der Waals surface area contributed by atoms with Gasteiger partial charge in [-0.1, -0.05) is 42.5 Å². The summed E-state index contributed by atoms with van der Waals surface area (Å²) in [7, 11) is 5.00. The maximum absolute atomic E-state index is 12.4. The molecule has 5 nitrogen and oxygen atoms in total. The minimum absolute atomic E-state index is 0.0722. The molecule has 31 heavy (non-hydrogen) atoms. The largest absolute Gasteiger partial charge is 0.493 e. The minimum atomic E-state index is -0.0722. The molecule has 158 valence electrons. The summed E-state index contributed by atoms with van der Waals surface area (Å²) in [5, 5.41) is 3.02. The quantitative estimate of drug-likeness (QED) is 0.423. The Kier molecular flexibility index (Phi) is 6.34. The van der Waals surface area contributed by atoms with Crippen molar-refractivity contribution in [1.82, 2.24) is 4.90 Å². The van der Waals surface area contributed by atoms with E-state index in [2.05, 4.69) is 45.2 Å². The molecule has 0 aromatic heterocycles. The first-order valence-corrected chi connectivity index (χ1v) is 11.2. The molecule has 0 spiro atoms. The molecule has 0 unspecified atom stereocenters. The van der Waals surface area contributed by atoms with Crippen LogP contribution in [-0.4, -0.2) is 37.2 Å². The highest BCUT2D eigenvalue weighted by Crippen LogP contribution is 2.39. The SMILES string of the molecule is CN=C1S/C(=C\c2cc(Br)c(OCc3cccc4ccccc34)c(OC)c2)C(=O)N1C. The fourth-order valence-electron chi connectivity index (χ4n) is 3.43. The van der Waals surface area contributed by atoms with Gasteiger partial charge in [-0.05, 0) is 67.8 Å². The Morgan fingerprint density at radius 3 is 2.68 bits per heavy atom. The van der Waals surface area contributed by atoms with Crippen molar-refractivity contribution in [3.63, 3.8) is 0 Å². The molecule has 0 aliphatic carbocycles. The first-order chi connectivity index (χ1) is 15.0. The topological polar surface area (TPSA) is 51.1 Å².